The predicted octanol–water partition coefficient (Wildman–Crippen LogP) is 5.33. The van der Waals surface area contributed by atoms with Gasteiger partial charge in [-0.05, 0) is 42.8 Å². The monoisotopic (exact) mass is 447 g/mol. The zero-order valence-corrected chi connectivity index (χ0v) is 18.6. The van der Waals surface area contributed by atoms with E-state index < -0.39 is 0 Å². The van der Waals surface area contributed by atoms with Crippen LogP contribution >= 0.6 is 22.9 Å². The van der Waals surface area contributed by atoms with Crippen LogP contribution < -0.4 is 24.4 Å². The van der Waals surface area contributed by atoms with Gasteiger partial charge in [0.15, 0.2) is 23.0 Å². The van der Waals surface area contributed by atoms with Crippen molar-refractivity contribution in [1.29, 1.82) is 0 Å². The van der Waals surface area contributed by atoms with Crippen LogP contribution in [0.15, 0.2) is 40.8 Å². The van der Waals surface area contributed by atoms with Gasteiger partial charge in [-0.15, -0.1) is 11.3 Å². The van der Waals surface area contributed by atoms with Crippen molar-refractivity contribution >= 4 is 34.3 Å². The highest BCUT2D eigenvalue weighted by molar-refractivity contribution is 7.14. The highest BCUT2D eigenvalue weighted by Gasteiger charge is 2.11. The second-order valence-corrected chi connectivity index (χ2v) is 7.21. The number of nitrogens with zero attached hydrogens (tertiary/aromatic N) is 2. The van der Waals surface area contributed by atoms with E-state index in [1.54, 1.807) is 39.7 Å². The van der Waals surface area contributed by atoms with Crippen molar-refractivity contribution in [3.63, 3.8) is 0 Å². The fourth-order valence-electron chi connectivity index (χ4n) is 2.71. The number of halogens is 1. The van der Waals surface area contributed by atoms with E-state index in [2.05, 4.69) is 15.5 Å². The Bertz CT molecular complexity index is 1040. The largest absolute Gasteiger partial charge is 0.493 e. The summed E-state index contributed by atoms with van der Waals surface area (Å²) in [7, 11) is 4.78. The van der Waals surface area contributed by atoms with Gasteiger partial charge in [-0.2, -0.15) is 5.10 Å². The molecule has 158 valence electrons. The minimum absolute atomic E-state index is 0.461. The molecule has 0 aliphatic heterocycles. The molecule has 1 aromatic heterocycles. The Morgan fingerprint density at radius 2 is 1.83 bits per heavy atom. The van der Waals surface area contributed by atoms with E-state index in [4.69, 9.17) is 30.5 Å². The lowest BCUT2D eigenvalue weighted by molar-refractivity contribution is 0.311. The first-order valence-electron chi connectivity index (χ1n) is 9.06. The first-order chi connectivity index (χ1) is 14.6. The first-order valence-corrected chi connectivity index (χ1v) is 10.3. The van der Waals surface area contributed by atoms with E-state index in [9.17, 15) is 0 Å². The summed E-state index contributed by atoms with van der Waals surface area (Å²) in [6, 6.07) is 9.23. The quantitative estimate of drug-likeness (QED) is 0.353. The molecule has 9 heteroatoms. The molecule has 0 aliphatic rings. The average Bonchev–Trinajstić information content (AvgIpc) is 3.23. The third-order valence-corrected chi connectivity index (χ3v) is 5.13. The summed E-state index contributed by atoms with van der Waals surface area (Å²) in [6.45, 7) is 2.39. The number of anilines is 1. The SMILES string of the molecule is CCOc1c(Cl)cc(/C=N\Nc2nc(-c3ccc(OC)c(OC)c3)cs2)cc1OC. The van der Waals surface area contributed by atoms with Crippen LogP contribution in [-0.4, -0.2) is 39.1 Å². The Kier molecular flexibility index (Phi) is 7.37. The van der Waals surface area contributed by atoms with Crippen LogP contribution in [0.2, 0.25) is 5.02 Å². The average molecular weight is 448 g/mol. The van der Waals surface area contributed by atoms with Gasteiger partial charge in [0, 0.05) is 10.9 Å². The van der Waals surface area contributed by atoms with Crippen molar-refractivity contribution in [3.8, 4) is 34.3 Å². The number of aromatic nitrogens is 1. The van der Waals surface area contributed by atoms with Gasteiger partial charge in [0.25, 0.3) is 0 Å². The summed E-state index contributed by atoms with van der Waals surface area (Å²) in [5.41, 5.74) is 5.43. The van der Waals surface area contributed by atoms with E-state index in [0.29, 0.717) is 39.8 Å². The fourth-order valence-corrected chi connectivity index (χ4v) is 3.66. The van der Waals surface area contributed by atoms with Crippen LogP contribution in [0.5, 0.6) is 23.0 Å². The van der Waals surface area contributed by atoms with Crippen LogP contribution in [0.25, 0.3) is 11.3 Å². The normalized spacial score (nSPS) is 10.8. The molecule has 0 fully saturated rings. The van der Waals surface area contributed by atoms with Crippen molar-refractivity contribution in [1.82, 2.24) is 4.98 Å². The number of nitrogens with one attached hydrogen (secondary N) is 1. The van der Waals surface area contributed by atoms with Crippen LogP contribution in [0, 0.1) is 0 Å². The molecule has 0 unspecified atom stereocenters. The third kappa shape index (κ3) is 4.95. The number of rotatable bonds is 9. The van der Waals surface area contributed by atoms with E-state index in [1.807, 2.05) is 30.5 Å². The Morgan fingerprint density at radius 3 is 2.53 bits per heavy atom. The number of hydrogen-bond acceptors (Lipinski definition) is 8. The molecule has 0 spiro atoms. The number of ether oxygens (including phenoxy) is 4. The molecular weight excluding hydrogens is 426 g/mol. The van der Waals surface area contributed by atoms with E-state index in [0.717, 1.165) is 16.8 Å². The maximum Gasteiger partial charge on any atom is 0.203 e. The highest BCUT2D eigenvalue weighted by Crippen LogP contribution is 2.36. The van der Waals surface area contributed by atoms with E-state index in [1.165, 1.54) is 11.3 Å². The Morgan fingerprint density at radius 1 is 1.07 bits per heavy atom. The molecule has 0 saturated heterocycles. The van der Waals surface area contributed by atoms with Crippen molar-refractivity contribution < 1.29 is 18.9 Å². The van der Waals surface area contributed by atoms with Gasteiger partial charge < -0.3 is 18.9 Å². The Balaban J connectivity index is 1.73. The van der Waals surface area contributed by atoms with Gasteiger partial charge in [-0.25, -0.2) is 4.98 Å². The lowest BCUT2D eigenvalue weighted by Gasteiger charge is -2.11. The molecule has 1 heterocycles. The van der Waals surface area contributed by atoms with Gasteiger partial charge >= 0.3 is 0 Å². The predicted molar refractivity (Wildman–Crippen MR) is 121 cm³/mol. The van der Waals surface area contributed by atoms with E-state index >= 15 is 0 Å². The second-order valence-electron chi connectivity index (χ2n) is 5.94. The molecule has 3 rings (SSSR count). The molecule has 0 saturated carbocycles. The Hall–Kier alpha value is -2.97. The molecule has 0 atom stereocenters. The van der Waals surface area contributed by atoms with Gasteiger partial charge in [0.2, 0.25) is 5.13 Å². The van der Waals surface area contributed by atoms with Crippen LogP contribution in [0.4, 0.5) is 5.13 Å². The topological polar surface area (TPSA) is 74.2 Å². The molecule has 2 aromatic carbocycles. The van der Waals surface area contributed by atoms with Crippen molar-refractivity contribution in [2.45, 2.75) is 6.92 Å². The van der Waals surface area contributed by atoms with Crippen molar-refractivity contribution in [2.75, 3.05) is 33.4 Å². The third-order valence-electron chi connectivity index (χ3n) is 4.10. The molecule has 0 radical (unpaired) electrons. The second kappa shape index (κ2) is 10.2. The lowest BCUT2D eigenvalue weighted by atomic mass is 10.1. The summed E-state index contributed by atoms with van der Waals surface area (Å²) in [5.74, 6) is 2.39. The number of thiazole rings is 1. The van der Waals surface area contributed by atoms with Crippen LogP contribution in [0.1, 0.15) is 12.5 Å². The number of hydrazone groups is 1. The zero-order chi connectivity index (χ0) is 21.5. The number of methoxy groups -OCH3 is 3. The van der Waals surface area contributed by atoms with E-state index in [-0.39, 0.29) is 0 Å². The minimum atomic E-state index is 0.461. The summed E-state index contributed by atoms with van der Waals surface area (Å²) < 4.78 is 21.5. The Labute approximate surface area is 184 Å². The molecule has 3 aromatic rings. The summed E-state index contributed by atoms with van der Waals surface area (Å²) in [6.07, 6.45) is 1.64. The van der Waals surface area contributed by atoms with Crippen LogP contribution in [0.3, 0.4) is 0 Å². The highest BCUT2D eigenvalue weighted by atomic mass is 35.5. The minimum Gasteiger partial charge on any atom is -0.493 e. The molecule has 7 nitrogen and oxygen atoms in total. The maximum absolute atomic E-state index is 6.29. The number of hydrogen-bond donors (Lipinski definition) is 1. The maximum atomic E-state index is 6.29. The summed E-state index contributed by atoms with van der Waals surface area (Å²) >= 11 is 7.73. The van der Waals surface area contributed by atoms with Gasteiger partial charge in [0.05, 0.1) is 44.9 Å². The standard InChI is InChI=1S/C21H22ClN3O4S/c1-5-29-20-15(22)8-13(9-19(20)28-4)11-23-25-21-24-16(12-30-21)14-6-7-17(26-2)18(10-14)27-3/h6-12H,5H2,1-4H3,(H,24,25)/b23-11-. The zero-order valence-electron chi connectivity index (χ0n) is 17.1. The molecular formula is C21H22ClN3O4S. The summed E-state index contributed by atoms with van der Waals surface area (Å²) in [4.78, 5) is 4.56. The number of benzene rings is 2. The molecule has 0 amide bonds. The molecule has 0 bridgehead atoms. The molecule has 30 heavy (non-hydrogen) atoms. The smallest absolute Gasteiger partial charge is 0.203 e. The van der Waals surface area contributed by atoms with Crippen LogP contribution in [-0.2, 0) is 0 Å². The first kappa shape index (κ1) is 21.7. The molecule has 1 N–H and O–H groups in total. The van der Waals surface area contributed by atoms with Gasteiger partial charge in [-0.3, -0.25) is 5.43 Å². The van der Waals surface area contributed by atoms with Gasteiger partial charge in [0.1, 0.15) is 0 Å². The molecule has 0 aliphatic carbocycles. The van der Waals surface area contributed by atoms with Gasteiger partial charge in [-0.1, -0.05) is 11.6 Å². The summed E-state index contributed by atoms with van der Waals surface area (Å²) in [5, 5.41) is 7.30. The van der Waals surface area contributed by atoms with Crippen molar-refractivity contribution in [2.24, 2.45) is 5.10 Å². The van der Waals surface area contributed by atoms with Crippen molar-refractivity contribution in [3.05, 3.63) is 46.3 Å². The fraction of sp³-hybridized carbons (Fsp3) is 0.238. The lowest BCUT2D eigenvalue weighted by Crippen LogP contribution is -1.98.